The molecule has 0 aliphatic carbocycles. The molecule has 3 rings (SSSR count). The fourth-order valence-electron chi connectivity index (χ4n) is 2.42. The van der Waals surface area contributed by atoms with Crippen molar-refractivity contribution < 1.29 is 18.6 Å². The molecule has 0 atom stereocenters. The average molecular weight is 321 g/mol. The molecule has 0 N–H and O–H groups in total. The summed E-state index contributed by atoms with van der Waals surface area (Å²) in [5.74, 6) is -0.228. The highest BCUT2D eigenvalue weighted by Crippen LogP contribution is 2.22. The van der Waals surface area contributed by atoms with E-state index in [2.05, 4.69) is 14.9 Å². The zero-order valence-electron chi connectivity index (χ0n) is 12.9. The van der Waals surface area contributed by atoms with Crippen LogP contribution in [0, 0.1) is 5.82 Å². The number of hydrogen-bond acceptors (Lipinski definition) is 6. The molecule has 0 spiro atoms. The lowest BCUT2D eigenvalue weighted by atomic mass is 10.2. The first-order valence-corrected chi connectivity index (χ1v) is 7.73. The lowest BCUT2D eigenvalue weighted by Gasteiger charge is -2.26. The van der Waals surface area contributed by atoms with Crippen molar-refractivity contribution in [2.75, 3.05) is 52.7 Å². The zero-order valence-corrected chi connectivity index (χ0v) is 12.9. The molecule has 0 amide bonds. The number of benzene rings is 1. The topological polar surface area (TPSA) is 56.7 Å². The number of ether oxygens (including phenoxy) is 3. The van der Waals surface area contributed by atoms with E-state index in [9.17, 15) is 4.39 Å². The Bertz CT molecular complexity index is 635. The van der Waals surface area contributed by atoms with E-state index in [-0.39, 0.29) is 5.75 Å². The normalized spacial score (nSPS) is 15.9. The molecule has 6 nitrogen and oxygen atoms in total. The van der Waals surface area contributed by atoms with Crippen LogP contribution in [0.25, 0.3) is 10.9 Å². The Kier molecular flexibility index (Phi) is 5.68. The number of hydrogen-bond donors (Lipinski definition) is 0. The van der Waals surface area contributed by atoms with Crippen LogP contribution in [-0.4, -0.2) is 67.5 Å². The summed E-state index contributed by atoms with van der Waals surface area (Å²) < 4.78 is 30.2. The van der Waals surface area contributed by atoms with Crippen molar-refractivity contribution in [3.8, 4) is 5.75 Å². The van der Waals surface area contributed by atoms with E-state index in [1.807, 2.05) is 0 Å². The van der Waals surface area contributed by atoms with Crippen LogP contribution >= 0.6 is 0 Å². The first-order chi connectivity index (χ1) is 11.3. The number of nitrogens with zero attached hydrogens (tertiary/aromatic N) is 3. The van der Waals surface area contributed by atoms with Crippen molar-refractivity contribution in [1.29, 1.82) is 0 Å². The molecule has 1 saturated heterocycles. The highest BCUT2D eigenvalue weighted by molar-refractivity contribution is 5.79. The maximum absolute atomic E-state index is 13.9. The predicted octanol–water partition coefficient (Wildman–Crippen LogP) is 1.50. The molecule has 2 aromatic rings. The molecule has 1 aliphatic heterocycles. The fourth-order valence-corrected chi connectivity index (χ4v) is 2.42. The van der Waals surface area contributed by atoms with E-state index in [0.717, 1.165) is 38.2 Å². The van der Waals surface area contributed by atoms with Crippen LogP contribution in [0.2, 0.25) is 0 Å². The predicted molar refractivity (Wildman–Crippen MR) is 83.1 cm³/mol. The van der Waals surface area contributed by atoms with Crippen LogP contribution in [-0.2, 0) is 9.47 Å². The van der Waals surface area contributed by atoms with Crippen molar-refractivity contribution >= 4 is 10.9 Å². The van der Waals surface area contributed by atoms with Gasteiger partial charge in [0.15, 0.2) is 11.6 Å². The van der Waals surface area contributed by atoms with E-state index in [1.165, 1.54) is 12.4 Å². The van der Waals surface area contributed by atoms with E-state index in [4.69, 9.17) is 14.2 Å². The van der Waals surface area contributed by atoms with E-state index < -0.39 is 5.82 Å². The van der Waals surface area contributed by atoms with Crippen molar-refractivity contribution in [2.45, 2.75) is 0 Å². The van der Waals surface area contributed by atoms with Gasteiger partial charge in [0.05, 0.1) is 31.9 Å². The Morgan fingerprint density at radius 2 is 2.04 bits per heavy atom. The van der Waals surface area contributed by atoms with Gasteiger partial charge in [-0.3, -0.25) is 4.90 Å². The monoisotopic (exact) mass is 321 g/mol. The molecule has 0 saturated carbocycles. The number of rotatable bonds is 7. The first-order valence-electron chi connectivity index (χ1n) is 7.73. The third kappa shape index (κ3) is 4.57. The lowest BCUT2D eigenvalue weighted by Crippen LogP contribution is -2.38. The first kappa shape index (κ1) is 16.0. The van der Waals surface area contributed by atoms with Gasteiger partial charge in [0.1, 0.15) is 12.9 Å². The minimum absolute atomic E-state index is 0.198. The summed E-state index contributed by atoms with van der Waals surface area (Å²) in [6.45, 7) is 5.71. The van der Waals surface area contributed by atoms with Crippen LogP contribution < -0.4 is 4.74 Å². The second-order valence-corrected chi connectivity index (χ2v) is 5.28. The maximum atomic E-state index is 13.9. The molecule has 1 fully saturated rings. The standard InChI is InChI=1S/C16H20FN3O3/c17-14-10-15-13(11-18-12-19-15)9-16(14)23-8-7-22-6-3-20-1-4-21-5-2-20/h9-12H,1-8H2. The third-order valence-electron chi connectivity index (χ3n) is 3.70. The lowest BCUT2D eigenvalue weighted by molar-refractivity contribution is 0.0169. The molecular formula is C16H20FN3O3. The Hall–Kier alpha value is -1.83. The summed E-state index contributed by atoms with van der Waals surface area (Å²) in [5.41, 5.74) is 0.562. The SMILES string of the molecule is Fc1cc2ncncc2cc1OCCOCCN1CCOCC1. The molecule has 1 aromatic heterocycles. The largest absolute Gasteiger partial charge is 0.488 e. The summed E-state index contributed by atoms with van der Waals surface area (Å²) >= 11 is 0. The molecule has 124 valence electrons. The van der Waals surface area contributed by atoms with Gasteiger partial charge in [-0.15, -0.1) is 0 Å². The number of fused-ring (bicyclic) bond motifs is 1. The van der Waals surface area contributed by atoms with Gasteiger partial charge in [-0.05, 0) is 6.07 Å². The molecule has 23 heavy (non-hydrogen) atoms. The van der Waals surface area contributed by atoms with Crippen molar-refractivity contribution in [2.24, 2.45) is 0 Å². The van der Waals surface area contributed by atoms with E-state index in [1.54, 1.807) is 12.3 Å². The fraction of sp³-hybridized carbons (Fsp3) is 0.500. The van der Waals surface area contributed by atoms with Gasteiger partial charge in [-0.25, -0.2) is 14.4 Å². The van der Waals surface area contributed by atoms with Crippen molar-refractivity contribution in [3.05, 3.63) is 30.5 Å². The molecule has 0 radical (unpaired) electrons. The van der Waals surface area contributed by atoms with Gasteiger partial charge in [0.25, 0.3) is 0 Å². The van der Waals surface area contributed by atoms with Crippen molar-refractivity contribution in [3.63, 3.8) is 0 Å². The van der Waals surface area contributed by atoms with Gasteiger partial charge >= 0.3 is 0 Å². The van der Waals surface area contributed by atoms with Gasteiger partial charge in [0, 0.05) is 37.3 Å². The maximum Gasteiger partial charge on any atom is 0.167 e. The molecule has 0 unspecified atom stereocenters. The van der Waals surface area contributed by atoms with Gasteiger partial charge < -0.3 is 14.2 Å². The van der Waals surface area contributed by atoms with Crippen LogP contribution in [0.15, 0.2) is 24.7 Å². The second-order valence-electron chi connectivity index (χ2n) is 5.28. The number of aromatic nitrogens is 2. The van der Waals surface area contributed by atoms with Crippen LogP contribution in [0.4, 0.5) is 4.39 Å². The smallest absolute Gasteiger partial charge is 0.167 e. The molecule has 0 bridgehead atoms. The van der Waals surface area contributed by atoms with Gasteiger partial charge in [-0.2, -0.15) is 0 Å². The van der Waals surface area contributed by atoms with Crippen LogP contribution in [0.5, 0.6) is 5.75 Å². The van der Waals surface area contributed by atoms with Crippen molar-refractivity contribution in [1.82, 2.24) is 14.9 Å². The Morgan fingerprint density at radius 1 is 1.17 bits per heavy atom. The molecule has 2 heterocycles. The highest BCUT2D eigenvalue weighted by atomic mass is 19.1. The summed E-state index contributed by atoms with van der Waals surface area (Å²) in [7, 11) is 0. The molecule has 1 aliphatic rings. The Morgan fingerprint density at radius 3 is 2.91 bits per heavy atom. The molecule has 1 aromatic carbocycles. The minimum atomic E-state index is -0.426. The summed E-state index contributed by atoms with van der Waals surface area (Å²) in [6, 6.07) is 2.96. The van der Waals surface area contributed by atoms with Crippen LogP contribution in [0.3, 0.4) is 0 Å². The second kappa shape index (κ2) is 8.14. The minimum Gasteiger partial charge on any atom is -0.488 e. The molecular weight excluding hydrogens is 301 g/mol. The number of halogens is 1. The summed E-state index contributed by atoms with van der Waals surface area (Å²) in [4.78, 5) is 10.2. The van der Waals surface area contributed by atoms with Crippen LogP contribution in [0.1, 0.15) is 0 Å². The summed E-state index contributed by atoms with van der Waals surface area (Å²) in [6.07, 6.45) is 3.03. The highest BCUT2D eigenvalue weighted by Gasteiger charge is 2.10. The zero-order chi connectivity index (χ0) is 15.9. The Labute approximate surface area is 134 Å². The quantitative estimate of drug-likeness (QED) is 0.720. The van der Waals surface area contributed by atoms with Gasteiger partial charge in [0.2, 0.25) is 0 Å². The third-order valence-corrected chi connectivity index (χ3v) is 3.70. The van der Waals surface area contributed by atoms with E-state index in [0.29, 0.717) is 25.3 Å². The summed E-state index contributed by atoms with van der Waals surface area (Å²) in [5, 5.41) is 0.747. The number of morpholine rings is 1. The average Bonchev–Trinajstić information content (AvgIpc) is 2.59. The van der Waals surface area contributed by atoms with Gasteiger partial charge in [-0.1, -0.05) is 0 Å². The van der Waals surface area contributed by atoms with E-state index >= 15 is 0 Å². The Balaban J connectivity index is 1.39. The molecule has 7 heteroatoms.